The van der Waals surface area contributed by atoms with E-state index < -0.39 is 0 Å². The predicted molar refractivity (Wildman–Crippen MR) is 78.5 cm³/mol. The normalized spacial score (nSPS) is 22.1. The van der Waals surface area contributed by atoms with E-state index in [0.29, 0.717) is 11.7 Å². The molecule has 1 aliphatic rings. The smallest absolute Gasteiger partial charge is 0.148 e. The molecule has 1 aromatic heterocycles. The first-order valence-corrected chi connectivity index (χ1v) is 6.92. The SMILES string of the molecule is C[C@@H]1CC[C@H](CO)N1c1ccc2c(C#N)nccc2c1. The van der Waals surface area contributed by atoms with Crippen LogP contribution in [0.4, 0.5) is 5.69 Å². The molecule has 2 aromatic rings. The van der Waals surface area contributed by atoms with Crippen molar-refractivity contribution < 1.29 is 5.11 Å². The van der Waals surface area contributed by atoms with E-state index in [0.717, 1.165) is 29.3 Å². The van der Waals surface area contributed by atoms with Crippen LogP contribution in [0.5, 0.6) is 0 Å². The van der Waals surface area contributed by atoms with Crippen molar-refractivity contribution in [2.24, 2.45) is 0 Å². The number of nitriles is 1. The molecule has 20 heavy (non-hydrogen) atoms. The summed E-state index contributed by atoms with van der Waals surface area (Å²) in [6, 6.07) is 10.7. The lowest BCUT2D eigenvalue weighted by molar-refractivity contribution is 0.265. The van der Waals surface area contributed by atoms with Gasteiger partial charge in [0.1, 0.15) is 11.8 Å². The van der Waals surface area contributed by atoms with Crippen molar-refractivity contribution in [1.82, 2.24) is 4.98 Å². The number of aliphatic hydroxyl groups excluding tert-OH is 1. The van der Waals surface area contributed by atoms with Crippen LogP contribution in [0.15, 0.2) is 30.5 Å². The van der Waals surface area contributed by atoms with E-state index >= 15 is 0 Å². The van der Waals surface area contributed by atoms with Gasteiger partial charge in [0.25, 0.3) is 0 Å². The van der Waals surface area contributed by atoms with Crippen LogP contribution in [-0.4, -0.2) is 28.8 Å². The predicted octanol–water partition coefficient (Wildman–Crippen LogP) is 2.46. The van der Waals surface area contributed by atoms with Gasteiger partial charge in [-0.25, -0.2) is 4.98 Å². The lowest BCUT2D eigenvalue weighted by Crippen LogP contribution is -2.36. The average molecular weight is 267 g/mol. The molecule has 0 amide bonds. The second-order valence-corrected chi connectivity index (χ2v) is 5.35. The molecule has 4 heteroatoms. The van der Waals surface area contributed by atoms with Gasteiger partial charge in [0.05, 0.1) is 12.6 Å². The summed E-state index contributed by atoms with van der Waals surface area (Å²) < 4.78 is 0. The molecule has 0 saturated carbocycles. The van der Waals surface area contributed by atoms with Crippen LogP contribution in [0.25, 0.3) is 10.8 Å². The number of benzene rings is 1. The van der Waals surface area contributed by atoms with Crippen LogP contribution in [0, 0.1) is 11.3 Å². The zero-order chi connectivity index (χ0) is 14.1. The minimum absolute atomic E-state index is 0.183. The van der Waals surface area contributed by atoms with Crippen molar-refractivity contribution in [3.63, 3.8) is 0 Å². The zero-order valence-corrected chi connectivity index (χ0v) is 11.5. The molecule has 0 radical (unpaired) electrons. The number of fused-ring (bicyclic) bond motifs is 1. The van der Waals surface area contributed by atoms with E-state index in [1.54, 1.807) is 6.20 Å². The Labute approximate surface area is 118 Å². The van der Waals surface area contributed by atoms with Crippen LogP contribution in [0.2, 0.25) is 0 Å². The van der Waals surface area contributed by atoms with Crippen LogP contribution in [0.3, 0.4) is 0 Å². The number of hydrogen-bond donors (Lipinski definition) is 1. The maximum atomic E-state index is 9.52. The minimum Gasteiger partial charge on any atom is -0.394 e. The van der Waals surface area contributed by atoms with Crippen LogP contribution in [-0.2, 0) is 0 Å². The number of anilines is 1. The molecular formula is C16H17N3O. The molecule has 1 aliphatic heterocycles. The van der Waals surface area contributed by atoms with Crippen LogP contribution in [0.1, 0.15) is 25.5 Å². The van der Waals surface area contributed by atoms with Gasteiger partial charge in [-0.05, 0) is 49.4 Å². The highest BCUT2D eigenvalue weighted by Crippen LogP contribution is 2.32. The summed E-state index contributed by atoms with van der Waals surface area (Å²) in [4.78, 5) is 6.37. The van der Waals surface area contributed by atoms with E-state index in [4.69, 9.17) is 5.26 Å². The molecule has 1 N–H and O–H groups in total. The Kier molecular flexibility index (Phi) is 3.29. The summed E-state index contributed by atoms with van der Waals surface area (Å²) in [6.07, 6.45) is 3.79. The average Bonchev–Trinajstić information content (AvgIpc) is 2.86. The summed E-state index contributed by atoms with van der Waals surface area (Å²) in [5.74, 6) is 0. The molecule has 2 atom stereocenters. The van der Waals surface area contributed by atoms with Crippen molar-refractivity contribution in [1.29, 1.82) is 5.26 Å². The lowest BCUT2D eigenvalue weighted by atomic mass is 10.1. The van der Waals surface area contributed by atoms with Gasteiger partial charge in [0, 0.05) is 23.3 Å². The number of hydrogen-bond acceptors (Lipinski definition) is 4. The number of nitrogens with zero attached hydrogens (tertiary/aromatic N) is 3. The van der Waals surface area contributed by atoms with Crippen LogP contribution < -0.4 is 4.90 Å². The molecular weight excluding hydrogens is 250 g/mol. The third-order valence-electron chi connectivity index (χ3n) is 4.15. The van der Waals surface area contributed by atoms with Crippen LogP contribution >= 0.6 is 0 Å². The molecule has 0 spiro atoms. The standard InChI is InChI=1S/C16H17N3O/c1-11-2-3-14(10-20)19(11)13-4-5-15-12(8-13)6-7-18-16(15)9-17/h4-8,11,14,20H,2-3,10H2,1H3/t11-,14-/m1/s1. The van der Waals surface area contributed by atoms with Gasteiger partial charge in [-0.3, -0.25) is 0 Å². The molecule has 1 aromatic carbocycles. The zero-order valence-electron chi connectivity index (χ0n) is 11.5. The van der Waals surface area contributed by atoms with E-state index in [1.807, 2.05) is 18.2 Å². The van der Waals surface area contributed by atoms with Gasteiger partial charge >= 0.3 is 0 Å². The van der Waals surface area contributed by atoms with Crippen molar-refractivity contribution in [2.45, 2.75) is 31.8 Å². The Morgan fingerprint density at radius 3 is 3.00 bits per heavy atom. The minimum atomic E-state index is 0.183. The van der Waals surface area contributed by atoms with Crippen molar-refractivity contribution in [3.8, 4) is 6.07 Å². The summed E-state index contributed by atoms with van der Waals surface area (Å²) in [6.45, 7) is 2.37. The Balaban J connectivity index is 2.07. The second-order valence-electron chi connectivity index (χ2n) is 5.35. The molecule has 102 valence electrons. The Morgan fingerprint density at radius 1 is 1.40 bits per heavy atom. The first kappa shape index (κ1) is 12.9. The fourth-order valence-electron chi connectivity index (χ4n) is 3.13. The molecule has 1 saturated heterocycles. The fourth-order valence-corrected chi connectivity index (χ4v) is 3.13. The number of aromatic nitrogens is 1. The maximum Gasteiger partial charge on any atom is 0.148 e. The summed E-state index contributed by atoms with van der Waals surface area (Å²) in [5.41, 5.74) is 1.57. The highest BCUT2D eigenvalue weighted by atomic mass is 16.3. The molecule has 2 heterocycles. The van der Waals surface area contributed by atoms with E-state index in [2.05, 4.69) is 28.9 Å². The third-order valence-corrected chi connectivity index (χ3v) is 4.15. The van der Waals surface area contributed by atoms with Crippen molar-refractivity contribution in [3.05, 3.63) is 36.2 Å². The van der Waals surface area contributed by atoms with E-state index in [-0.39, 0.29) is 12.6 Å². The van der Waals surface area contributed by atoms with E-state index in [1.165, 1.54) is 0 Å². The van der Waals surface area contributed by atoms with Gasteiger partial charge in [-0.2, -0.15) is 5.26 Å². The first-order valence-electron chi connectivity index (χ1n) is 6.92. The molecule has 0 aliphatic carbocycles. The van der Waals surface area contributed by atoms with Gasteiger partial charge < -0.3 is 10.0 Å². The lowest BCUT2D eigenvalue weighted by Gasteiger charge is -2.30. The van der Waals surface area contributed by atoms with Gasteiger partial charge in [0.15, 0.2) is 0 Å². The van der Waals surface area contributed by atoms with Crippen molar-refractivity contribution in [2.75, 3.05) is 11.5 Å². The number of rotatable bonds is 2. The van der Waals surface area contributed by atoms with Gasteiger partial charge in [-0.1, -0.05) is 0 Å². The summed E-state index contributed by atoms with van der Waals surface area (Å²) >= 11 is 0. The van der Waals surface area contributed by atoms with E-state index in [9.17, 15) is 5.11 Å². The van der Waals surface area contributed by atoms with Crippen molar-refractivity contribution >= 4 is 16.5 Å². The highest BCUT2D eigenvalue weighted by molar-refractivity contribution is 5.89. The highest BCUT2D eigenvalue weighted by Gasteiger charge is 2.30. The largest absolute Gasteiger partial charge is 0.394 e. The third kappa shape index (κ3) is 2.00. The molecule has 0 bridgehead atoms. The van der Waals surface area contributed by atoms with Gasteiger partial charge in [-0.15, -0.1) is 0 Å². The Hall–Kier alpha value is -2.12. The summed E-state index contributed by atoms with van der Waals surface area (Å²) in [5, 5.41) is 20.5. The quantitative estimate of drug-likeness (QED) is 0.908. The topological polar surface area (TPSA) is 60.1 Å². The Morgan fingerprint density at radius 2 is 2.25 bits per heavy atom. The monoisotopic (exact) mass is 267 g/mol. The maximum absolute atomic E-state index is 9.52. The molecule has 3 rings (SSSR count). The number of aliphatic hydroxyl groups is 1. The van der Waals surface area contributed by atoms with Gasteiger partial charge in [0.2, 0.25) is 0 Å². The second kappa shape index (κ2) is 5.10. The first-order chi connectivity index (χ1) is 9.74. The molecule has 1 fully saturated rings. The fraction of sp³-hybridized carbons (Fsp3) is 0.375. The Bertz CT molecular complexity index is 677. The molecule has 0 unspecified atom stereocenters. The number of pyridine rings is 1. The summed E-state index contributed by atoms with van der Waals surface area (Å²) in [7, 11) is 0. The molecule has 4 nitrogen and oxygen atoms in total.